The van der Waals surface area contributed by atoms with Gasteiger partial charge in [-0.3, -0.25) is 24.1 Å². The Hall–Kier alpha value is -5.17. The fourth-order valence-electron chi connectivity index (χ4n) is 9.22. The Morgan fingerprint density at radius 1 is 1.02 bits per heavy atom. The average Bonchev–Trinajstić information content (AvgIpc) is 3.88. The molecule has 4 aliphatic rings. The van der Waals surface area contributed by atoms with Crippen molar-refractivity contribution in [3.05, 3.63) is 111 Å². The van der Waals surface area contributed by atoms with E-state index in [0.717, 1.165) is 42.5 Å². The highest BCUT2D eigenvalue weighted by atomic mass is 16.5. The number of benzene rings is 3. The third kappa shape index (κ3) is 6.26. The smallest absolute Gasteiger partial charge is 0.265 e. The van der Waals surface area contributed by atoms with E-state index >= 15 is 4.79 Å². The minimum atomic E-state index is -2.56. The number of aliphatic hydroxyl groups is 1. The third-order valence-electron chi connectivity index (χ3n) is 11.8. The van der Waals surface area contributed by atoms with Crippen LogP contribution in [0.5, 0.6) is 11.6 Å². The summed E-state index contributed by atoms with van der Waals surface area (Å²) < 4.78 is 18.2. The quantitative estimate of drug-likeness (QED) is 0.174. The number of ketones is 3. The number of nitrogens with one attached hydrogen (secondary N) is 2. The Balaban J connectivity index is 1.23. The van der Waals surface area contributed by atoms with Crippen molar-refractivity contribution in [3.63, 3.8) is 0 Å². The lowest BCUT2D eigenvalue weighted by molar-refractivity contribution is -0.153. The molecule has 286 valence electrons. The van der Waals surface area contributed by atoms with Crippen LogP contribution in [-0.4, -0.2) is 71.2 Å². The molecule has 6 unspecified atom stereocenters. The first-order chi connectivity index (χ1) is 26.6. The second-order valence-electron chi connectivity index (χ2n) is 15.4. The highest BCUT2D eigenvalue weighted by molar-refractivity contribution is 6.27. The van der Waals surface area contributed by atoms with Crippen molar-refractivity contribution < 1.29 is 38.3 Å². The van der Waals surface area contributed by atoms with Crippen LogP contribution in [0, 0.1) is 17.8 Å². The third-order valence-corrected chi connectivity index (χ3v) is 11.8. The van der Waals surface area contributed by atoms with E-state index < -0.39 is 46.7 Å². The van der Waals surface area contributed by atoms with Crippen LogP contribution in [0.25, 0.3) is 0 Å². The molecule has 1 amide bonds. The minimum absolute atomic E-state index is 0.0772. The molecule has 2 fully saturated rings. The summed E-state index contributed by atoms with van der Waals surface area (Å²) in [6, 6.07) is 19.8. The Morgan fingerprint density at radius 2 is 1.71 bits per heavy atom. The highest BCUT2D eigenvalue weighted by Crippen LogP contribution is 2.56. The molecule has 12 nitrogen and oxygen atoms in total. The van der Waals surface area contributed by atoms with Crippen molar-refractivity contribution >= 4 is 23.3 Å². The van der Waals surface area contributed by atoms with Crippen molar-refractivity contribution in [2.24, 2.45) is 17.8 Å². The second kappa shape index (κ2) is 14.8. The number of amides is 1. The van der Waals surface area contributed by atoms with E-state index in [2.05, 4.69) is 15.8 Å². The van der Waals surface area contributed by atoms with E-state index in [1.807, 2.05) is 67.6 Å². The number of hydrogen-bond donors (Lipinski definition) is 3. The predicted molar refractivity (Wildman–Crippen MR) is 201 cm³/mol. The van der Waals surface area contributed by atoms with Gasteiger partial charge in [0.1, 0.15) is 24.5 Å². The van der Waals surface area contributed by atoms with Gasteiger partial charge in [-0.05, 0) is 92.1 Å². The molecule has 0 bridgehead atoms. The van der Waals surface area contributed by atoms with Crippen LogP contribution >= 0.6 is 0 Å². The molecule has 12 heteroatoms. The van der Waals surface area contributed by atoms with Gasteiger partial charge in [0.25, 0.3) is 11.8 Å². The molecule has 1 saturated heterocycles. The number of ether oxygens (including phenoxy) is 2. The van der Waals surface area contributed by atoms with Crippen molar-refractivity contribution in [1.82, 2.24) is 20.7 Å². The zero-order valence-corrected chi connectivity index (χ0v) is 31.3. The maximum absolute atomic E-state index is 15.0. The number of aromatic nitrogens is 1. The molecule has 2 heterocycles. The van der Waals surface area contributed by atoms with Crippen molar-refractivity contribution in [1.29, 1.82) is 0 Å². The van der Waals surface area contributed by atoms with Gasteiger partial charge in [0.05, 0.1) is 17.5 Å². The first-order valence-electron chi connectivity index (χ1n) is 19.2. The predicted octanol–water partition coefficient (Wildman–Crippen LogP) is 5.19. The summed E-state index contributed by atoms with van der Waals surface area (Å²) in [4.78, 5) is 60.5. The van der Waals surface area contributed by atoms with E-state index in [1.54, 1.807) is 25.1 Å². The molecule has 3 aromatic carbocycles. The minimum Gasteiger partial charge on any atom is -0.488 e. The number of carbonyl (C=O) groups excluding carboxylic acids is 4. The van der Waals surface area contributed by atoms with E-state index in [4.69, 9.17) is 14.0 Å². The van der Waals surface area contributed by atoms with Crippen molar-refractivity contribution in [2.45, 2.75) is 69.9 Å². The molecule has 1 aromatic heterocycles. The lowest BCUT2D eigenvalue weighted by Crippen LogP contribution is -2.66. The largest absolute Gasteiger partial charge is 0.488 e. The van der Waals surface area contributed by atoms with Crippen LogP contribution in [0.15, 0.2) is 71.3 Å². The van der Waals surface area contributed by atoms with Gasteiger partial charge in [-0.2, -0.15) is 0 Å². The Morgan fingerprint density at radius 3 is 2.35 bits per heavy atom. The van der Waals surface area contributed by atoms with Crippen molar-refractivity contribution in [3.8, 4) is 11.6 Å². The SMILES string of the molecule is CCCNC(=O)c1c(C2CCCN2)cc(OCc2ccccc2)c2c1CC1CC3C(N(C)C)c4onc(OCc5ccccc5)c4C(=O)C3(O)C(=O)C1C2=O. The molecule has 3 aliphatic carbocycles. The molecule has 1 saturated carbocycles. The average molecular weight is 747 g/mol. The summed E-state index contributed by atoms with van der Waals surface area (Å²) in [5.74, 6) is -5.17. The number of carbonyl (C=O) groups is 4. The van der Waals surface area contributed by atoms with Gasteiger partial charge in [-0.15, -0.1) is 0 Å². The van der Waals surface area contributed by atoms with Gasteiger partial charge in [0.15, 0.2) is 22.9 Å². The summed E-state index contributed by atoms with van der Waals surface area (Å²) in [5, 5.41) is 23.2. The first-order valence-corrected chi connectivity index (χ1v) is 19.2. The van der Waals surface area contributed by atoms with Crippen LogP contribution < -0.4 is 20.1 Å². The lowest BCUT2D eigenvalue weighted by atomic mass is 9.54. The van der Waals surface area contributed by atoms with Crippen molar-refractivity contribution in [2.75, 3.05) is 27.2 Å². The molecule has 6 atom stereocenters. The Labute approximate surface area is 319 Å². The number of hydrogen-bond acceptors (Lipinski definition) is 11. The fourth-order valence-corrected chi connectivity index (χ4v) is 9.22. The summed E-state index contributed by atoms with van der Waals surface area (Å²) >= 11 is 0. The molecule has 0 radical (unpaired) electrons. The lowest BCUT2D eigenvalue weighted by Gasteiger charge is -2.51. The molecular formula is C43H46N4O8. The van der Waals surface area contributed by atoms with Gasteiger partial charge in [0.2, 0.25) is 5.78 Å². The molecule has 0 spiro atoms. The van der Waals surface area contributed by atoms with Crippen LogP contribution in [0.2, 0.25) is 0 Å². The van der Waals surface area contributed by atoms with Crippen LogP contribution in [0.3, 0.4) is 0 Å². The Bertz CT molecular complexity index is 2130. The second-order valence-corrected chi connectivity index (χ2v) is 15.4. The van der Waals surface area contributed by atoms with Crippen LogP contribution in [0.1, 0.15) is 104 Å². The number of Topliss-reactive ketones (excluding diaryl/α,β-unsaturated/α-hetero) is 3. The highest BCUT2D eigenvalue weighted by Gasteiger charge is 2.67. The number of rotatable bonds is 11. The van der Waals surface area contributed by atoms with Gasteiger partial charge in [-0.1, -0.05) is 67.6 Å². The normalized spacial score (nSPS) is 25.5. The Kier molecular flexibility index (Phi) is 9.91. The fraction of sp³-hybridized carbons (Fsp3) is 0.419. The molecular weight excluding hydrogens is 700 g/mol. The van der Waals surface area contributed by atoms with Crippen LogP contribution in [-0.2, 0) is 24.4 Å². The summed E-state index contributed by atoms with van der Waals surface area (Å²) in [5.41, 5.74) is 0.917. The zero-order chi connectivity index (χ0) is 38.4. The first kappa shape index (κ1) is 36.8. The van der Waals surface area contributed by atoms with Gasteiger partial charge < -0.3 is 29.7 Å². The van der Waals surface area contributed by atoms with E-state index in [-0.39, 0.29) is 66.5 Å². The number of nitrogens with zero attached hydrogens (tertiary/aromatic N) is 2. The molecule has 3 N–H and O–H groups in total. The number of fused-ring (bicyclic) bond motifs is 4. The van der Waals surface area contributed by atoms with Crippen LogP contribution in [0.4, 0.5) is 0 Å². The monoisotopic (exact) mass is 746 g/mol. The summed E-state index contributed by atoms with van der Waals surface area (Å²) in [6.45, 7) is 3.45. The van der Waals surface area contributed by atoms with Gasteiger partial charge in [0, 0.05) is 24.1 Å². The maximum atomic E-state index is 15.0. The summed E-state index contributed by atoms with van der Waals surface area (Å²) in [6.07, 6.45) is 2.80. The molecule has 55 heavy (non-hydrogen) atoms. The van der Waals surface area contributed by atoms with E-state index in [1.165, 1.54) is 0 Å². The summed E-state index contributed by atoms with van der Waals surface area (Å²) in [7, 11) is 3.56. The van der Waals surface area contributed by atoms with E-state index in [9.17, 15) is 19.5 Å². The molecule has 1 aliphatic heterocycles. The van der Waals surface area contributed by atoms with E-state index in [0.29, 0.717) is 17.7 Å². The zero-order valence-electron chi connectivity index (χ0n) is 31.3. The standard InChI is InChI=1S/C43H46N4O8/c1-4-17-45-41(51)33-27(30-16-11-18-44-30)21-31(53-22-24-12-7-5-8-13-24)34-28(33)19-26-20-29-36(47(2)3)38-35(40(50)43(29,52)39(49)32(26)37(34)48)42(46-55-38)54-23-25-14-9-6-10-15-25/h5-10,12-15,21,26,29-30,32,36,44,52H,4,11,16-20,22-23H2,1-3H3,(H,45,51). The topological polar surface area (TPSA) is 160 Å². The maximum Gasteiger partial charge on any atom is 0.265 e. The van der Waals surface area contributed by atoms with Gasteiger partial charge in [-0.25, -0.2) is 0 Å². The molecule has 8 rings (SSSR count). The molecule has 4 aromatic rings. The van der Waals surface area contributed by atoms with Gasteiger partial charge >= 0.3 is 0 Å².